The fourth-order valence-corrected chi connectivity index (χ4v) is 3.94. The summed E-state index contributed by atoms with van der Waals surface area (Å²) in [5.74, 6) is 0.0873. The summed E-state index contributed by atoms with van der Waals surface area (Å²) in [6.45, 7) is 8.60. The van der Waals surface area contributed by atoms with Crippen molar-refractivity contribution in [3.05, 3.63) is 15.0 Å². The average molecular weight is 391 g/mol. The number of aliphatic hydroxyl groups is 1. The van der Waals surface area contributed by atoms with Crippen molar-refractivity contribution in [1.82, 2.24) is 9.88 Å². The number of carbonyl (C=O) groups is 1. The average Bonchev–Trinajstić information content (AvgIpc) is 2.84. The number of piperidine rings is 1. The van der Waals surface area contributed by atoms with Crippen molar-refractivity contribution in [2.75, 3.05) is 13.1 Å². The molecule has 22 heavy (non-hydrogen) atoms. The maximum atomic E-state index is 12.1. The molecule has 0 radical (unpaired) electrons. The first kappa shape index (κ1) is 17.7. The second-order valence-electron chi connectivity index (χ2n) is 6.86. The summed E-state index contributed by atoms with van der Waals surface area (Å²) >= 11 is 4.83. The van der Waals surface area contributed by atoms with Crippen LogP contribution >= 0.6 is 27.3 Å². The Labute approximate surface area is 143 Å². The molecule has 1 fully saturated rings. The largest absolute Gasteiger partial charge is 0.444 e. The van der Waals surface area contributed by atoms with Crippen LogP contribution in [0.3, 0.4) is 0 Å². The minimum Gasteiger partial charge on any atom is -0.444 e. The van der Waals surface area contributed by atoms with E-state index in [9.17, 15) is 9.90 Å². The highest BCUT2D eigenvalue weighted by atomic mass is 79.9. The molecule has 1 aliphatic heterocycles. The summed E-state index contributed by atoms with van der Waals surface area (Å²) in [4.78, 5) is 18.1. The van der Waals surface area contributed by atoms with Crippen LogP contribution in [0.5, 0.6) is 0 Å². The third-order valence-corrected chi connectivity index (χ3v) is 5.55. The summed E-state index contributed by atoms with van der Waals surface area (Å²) in [6, 6.07) is 0. The van der Waals surface area contributed by atoms with Crippen molar-refractivity contribution < 1.29 is 14.6 Å². The van der Waals surface area contributed by atoms with Crippen molar-refractivity contribution in [1.29, 1.82) is 0 Å². The lowest BCUT2D eigenvalue weighted by molar-refractivity contribution is -0.0385. The molecular weight excluding hydrogens is 368 g/mol. The van der Waals surface area contributed by atoms with Crippen LogP contribution in [0, 0.1) is 5.92 Å². The van der Waals surface area contributed by atoms with Crippen LogP contribution in [0.15, 0.2) is 9.98 Å². The first-order valence-corrected chi connectivity index (χ1v) is 9.02. The summed E-state index contributed by atoms with van der Waals surface area (Å²) in [6.07, 6.45) is 2.92. The number of nitrogens with zero attached hydrogens (tertiary/aromatic N) is 2. The SMILES string of the molecule is CC(C)(C)OC(=O)N1CCC(C(C)(O)c2ncc(Br)s2)CC1. The lowest BCUT2D eigenvalue weighted by atomic mass is 9.82. The monoisotopic (exact) mass is 390 g/mol. The number of aromatic nitrogens is 1. The quantitative estimate of drug-likeness (QED) is 0.834. The first-order chi connectivity index (χ1) is 10.1. The van der Waals surface area contributed by atoms with E-state index in [0.717, 1.165) is 21.6 Å². The number of thiazole rings is 1. The van der Waals surface area contributed by atoms with Gasteiger partial charge < -0.3 is 14.7 Å². The van der Waals surface area contributed by atoms with Gasteiger partial charge in [-0.25, -0.2) is 9.78 Å². The molecule has 0 aromatic carbocycles. The number of hydrogen-bond acceptors (Lipinski definition) is 5. The fourth-order valence-electron chi connectivity index (χ4n) is 2.61. The molecule has 1 aromatic heterocycles. The molecule has 1 unspecified atom stereocenters. The number of amides is 1. The van der Waals surface area contributed by atoms with Crippen LogP contribution < -0.4 is 0 Å². The fraction of sp³-hybridized carbons (Fsp3) is 0.733. The highest BCUT2D eigenvalue weighted by Crippen LogP contribution is 2.39. The van der Waals surface area contributed by atoms with Crippen molar-refractivity contribution in [3.8, 4) is 0 Å². The van der Waals surface area contributed by atoms with Gasteiger partial charge in [0.25, 0.3) is 0 Å². The Bertz CT molecular complexity index is 531. The second-order valence-corrected chi connectivity index (χ2v) is 9.27. The predicted molar refractivity (Wildman–Crippen MR) is 89.9 cm³/mol. The second kappa shape index (κ2) is 6.45. The van der Waals surface area contributed by atoms with Crippen molar-refractivity contribution in [3.63, 3.8) is 0 Å². The standard InChI is InChI=1S/C15H23BrN2O3S/c1-14(2,3)21-13(19)18-7-5-10(6-8-18)15(4,20)12-17-9-11(16)22-12/h9-10,20H,5-8H2,1-4H3. The summed E-state index contributed by atoms with van der Waals surface area (Å²) in [5, 5.41) is 11.5. The Kier molecular flexibility index (Phi) is 5.19. The number of halogens is 1. The van der Waals surface area contributed by atoms with Crippen molar-refractivity contribution >= 4 is 33.4 Å². The van der Waals surface area contributed by atoms with E-state index in [4.69, 9.17) is 4.74 Å². The Balaban J connectivity index is 1.96. The van der Waals surface area contributed by atoms with Crippen LogP contribution in [0.4, 0.5) is 4.79 Å². The Morgan fingerprint density at radius 3 is 2.45 bits per heavy atom. The van der Waals surface area contributed by atoms with Gasteiger partial charge in [0.2, 0.25) is 0 Å². The molecule has 7 heteroatoms. The smallest absolute Gasteiger partial charge is 0.410 e. The Hall–Kier alpha value is -0.660. The maximum Gasteiger partial charge on any atom is 0.410 e. The minimum atomic E-state index is -0.962. The van der Waals surface area contributed by atoms with Gasteiger partial charge in [-0.15, -0.1) is 11.3 Å². The highest BCUT2D eigenvalue weighted by Gasteiger charge is 2.39. The summed E-state index contributed by atoms with van der Waals surface area (Å²) in [7, 11) is 0. The zero-order valence-corrected chi connectivity index (χ0v) is 15.8. The van der Waals surface area contributed by atoms with E-state index >= 15 is 0 Å². The highest BCUT2D eigenvalue weighted by molar-refractivity contribution is 9.11. The van der Waals surface area contributed by atoms with Gasteiger partial charge >= 0.3 is 6.09 Å². The molecule has 1 aromatic rings. The summed E-state index contributed by atoms with van der Waals surface area (Å²) in [5.41, 5.74) is -1.44. The van der Waals surface area contributed by atoms with Gasteiger partial charge in [0.15, 0.2) is 0 Å². The van der Waals surface area contributed by atoms with Gasteiger partial charge in [0, 0.05) is 13.1 Å². The number of carbonyl (C=O) groups excluding carboxylic acids is 1. The van der Waals surface area contributed by atoms with Crippen LogP contribution in [0.25, 0.3) is 0 Å². The molecule has 1 saturated heterocycles. The van der Waals surface area contributed by atoms with Gasteiger partial charge in [-0.3, -0.25) is 0 Å². The Morgan fingerprint density at radius 2 is 2.00 bits per heavy atom. The molecule has 0 aliphatic carbocycles. The van der Waals surface area contributed by atoms with Crippen LogP contribution in [0.2, 0.25) is 0 Å². The molecule has 2 heterocycles. The van der Waals surface area contributed by atoms with E-state index in [1.54, 1.807) is 11.1 Å². The number of likely N-dealkylation sites (tertiary alicyclic amines) is 1. The van der Waals surface area contributed by atoms with Crippen LogP contribution in [0.1, 0.15) is 45.5 Å². The molecule has 1 amide bonds. The van der Waals surface area contributed by atoms with Gasteiger partial charge in [-0.05, 0) is 62.4 Å². The van der Waals surface area contributed by atoms with Gasteiger partial charge in [0.1, 0.15) is 16.2 Å². The van der Waals surface area contributed by atoms with E-state index < -0.39 is 11.2 Å². The van der Waals surface area contributed by atoms with Gasteiger partial charge in [-0.1, -0.05) is 0 Å². The maximum absolute atomic E-state index is 12.1. The van der Waals surface area contributed by atoms with E-state index in [0.29, 0.717) is 13.1 Å². The zero-order chi connectivity index (χ0) is 16.5. The zero-order valence-electron chi connectivity index (χ0n) is 13.4. The number of ether oxygens (including phenoxy) is 1. The molecule has 2 rings (SSSR count). The van der Waals surface area contributed by atoms with Crippen LogP contribution in [-0.4, -0.2) is 39.8 Å². The van der Waals surface area contributed by atoms with Gasteiger partial charge in [0.05, 0.1) is 9.98 Å². The molecule has 0 bridgehead atoms. The number of rotatable bonds is 2. The summed E-state index contributed by atoms with van der Waals surface area (Å²) < 4.78 is 6.31. The molecule has 1 aliphatic rings. The lowest BCUT2D eigenvalue weighted by Gasteiger charge is -2.38. The predicted octanol–water partition coefficient (Wildman–Crippen LogP) is 3.76. The Morgan fingerprint density at radius 1 is 1.41 bits per heavy atom. The van der Waals surface area contributed by atoms with E-state index in [-0.39, 0.29) is 12.0 Å². The minimum absolute atomic E-state index is 0.0873. The molecular formula is C15H23BrN2O3S. The third-order valence-electron chi connectivity index (χ3n) is 3.85. The molecule has 1 atom stereocenters. The topological polar surface area (TPSA) is 62.7 Å². The van der Waals surface area contributed by atoms with Crippen molar-refractivity contribution in [2.24, 2.45) is 5.92 Å². The van der Waals surface area contributed by atoms with Gasteiger partial charge in [-0.2, -0.15) is 0 Å². The van der Waals surface area contributed by atoms with Crippen LogP contribution in [-0.2, 0) is 10.3 Å². The van der Waals surface area contributed by atoms with E-state index in [2.05, 4.69) is 20.9 Å². The molecule has 0 spiro atoms. The molecule has 1 N–H and O–H groups in total. The first-order valence-electron chi connectivity index (χ1n) is 7.41. The molecule has 5 nitrogen and oxygen atoms in total. The lowest BCUT2D eigenvalue weighted by Crippen LogP contribution is -2.45. The third kappa shape index (κ3) is 4.20. The number of hydrogen-bond donors (Lipinski definition) is 1. The normalized spacial score (nSPS) is 19.8. The van der Waals surface area contributed by atoms with E-state index in [1.165, 1.54) is 11.3 Å². The van der Waals surface area contributed by atoms with Crippen molar-refractivity contribution in [2.45, 2.75) is 51.7 Å². The van der Waals surface area contributed by atoms with E-state index in [1.807, 2.05) is 27.7 Å². The molecule has 124 valence electrons. The molecule has 0 saturated carbocycles.